The van der Waals surface area contributed by atoms with Crippen molar-refractivity contribution in [2.75, 3.05) is 13.1 Å². The van der Waals surface area contributed by atoms with Gasteiger partial charge in [-0.05, 0) is 37.5 Å². The SMILES string of the molecule is CC1CC(C)CN(C(=O)C2CC3CCC2N3)C1. The zero-order valence-electron chi connectivity index (χ0n) is 11.0. The third-order valence-electron chi connectivity index (χ3n) is 4.80. The Labute approximate surface area is 104 Å². The van der Waals surface area contributed by atoms with Gasteiger partial charge in [-0.2, -0.15) is 0 Å². The number of piperidine rings is 1. The molecule has 1 N–H and O–H groups in total. The van der Waals surface area contributed by atoms with Gasteiger partial charge in [0.1, 0.15) is 0 Å². The van der Waals surface area contributed by atoms with Gasteiger partial charge < -0.3 is 10.2 Å². The van der Waals surface area contributed by atoms with Gasteiger partial charge in [0.25, 0.3) is 0 Å². The van der Waals surface area contributed by atoms with E-state index in [9.17, 15) is 4.79 Å². The van der Waals surface area contributed by atoms with Crippen LogP contribution in [0.1, 0.15) is 39.5 Å². The van der Waals surface area contributed by atoms with Gasteiger partial charge in [0, 0.05) is 25.2 Å². The van der Waals surface area contributed by atoms with Crippen LogP contribution in [0.4, 0.5) is 0 Å². The zero-order valence-corrected chi connectivity index (χ0v) is 11.0. The van der Waals surface area contributed by atoms with Crippen LogP contribution in [-0.4, -0.2) is 36.0 Å². The Morgan fingerprint density at radius 1 is 1.12 bits per heavy atom. The number of nitrogens with one attached hydrogen (secondary N) is 1. The first kappa shape index (κ1) is 11.5. The minimum absolute atomic E-state index is 0.284. The Morgan fingerprint density at radius 2 is 1.82 bits per heavy atom. The summed E-state index contributed by atoms with van der Waals surface area (Å²) in [7, 11) is 0. The van der Waals surface area contributed by atoms with Crippen LogP contribution in [0.2, 0.25) is 0 Å². The maximum Gasteiger partial charge on any atom is 0.227 e. The van der Waals surface area contributed by atoms with E-state index in [0.717, 1.165) is 19.5 Å². The van der Waals surface area contributed by atoms with E-state index >= 15 is 0 Å². The molecule has 96 valence electrons. The summed E-state index contributed by atoms with van der Waals surface area (Å²) in [6.07, 6.45) is 4.85. The van der Waals surface area contributed by atoms with Crippen LogP contribution in [0.25, 0.3) is 0 Å². The first-order valence-electron chi connectivity index (χ1n) is 7.18. The lowest BCUT2D eigenvalue weighted by atomic mass is 9.86. The van der Waals surface area contributed by atoms with E-state index in [-0.39, 0.29) is 5.92 Å². The van der Waals surface area contributed by atoms with Crippen molar-refractivity contribution in [3.63, 3.8) is 0 Å². The number of carbonyl (C=O) groups is 1. The number of rotatable bonds is 1. The molecular formula is C14H24N2O. The Hall–Kier alpha value is -0.570. The van der Waals surface area contributed by atoms with E-state index in [0.29, 0.717) is 29.8 Å². The van der Waals surface area contributed by atoms with Gasteiger partial charge in [0.05, 0.1) is 5.92 Å². The van der Waals surface area contributed by atoms with Crippen LogP contribution in [-0.2, 0) is 4.79 Å². The highest BCUT2D eigenvalue weighted by Crippen LogP contribution is 2.35. The number of hydrogen-bond donors (Lipinski definition) is 1. The molecule has 0 spiro atoms. The Bertz CT molecular complexity index is 307. The number of amides is 1. The maximum absolute atomic E-state index is 12.6. The molecule has 1 amide bonds. The molecule has 0 saturated carbocycles. The van der Waals surface area contributed by atoms with E-state index in [1.807, 2.05) is 0 Å². The highest BCUT2D eigenvalue weighted by atomic mass is 16.2. The number of nitrogens with zero attached hydrogens (tertiary/aromatic N) is 1. The molecular weight excluding hydrogens is 212 g/mol. The van der Waals surface area contributed by atoms with Crippen molar-refractivity contribution in [2.45, 2.75) is 51.6 Å². The molecule has 3 heterocycles. The van der Waals surface area contributed by atoms with Crippen molar-refractivity contribution in [3.8, 4) is 0 Å². The predicted molar refractivity (Wildman–Crippen MR) is 67.6 cm³/mol. The minimum Gasteiger partial charge on any atom is -0.342 e. The van der Waals surface area contributed by atoms with Gasteiger partial charge >= 0.3 is 0 Å². The second-order valence-corrected chi connectivity index (χ2v) is 6.58. The van der Waals surface area contributed by atoms with Crippen LogP contribution in [0.15, 0.2) is 0 Å². The minimum atomic E-state index is 0.284. The first-order chi connectivity index (χ1) is 8.13. The van der Waals surface area contributed by atoms with Crippen molar-refractivity contribution in [1.82, 2.24) is 10.2 Å². The smallest absolute Gasteiger partial charge is 0.227 e. The summed E-state index contributed by atoms with van der Waals surface area (Å²) in [5, 5.41) is 3.57. The molecule has 2 bridgehead atoms. The van der Waals surface area contributed by atoms with Gasteiger partial charge in [-0.15, -0.1) is 0 Å². The third-order valence-corrected chi connectivity index (χ3v) is 4.80. The van der Waals surface area contributed by atoms with Crippen LogP contribution in [0, 0.1) is 17.8 Å². The fourth-order valence-corrected chi connectivity index (χ4v) is 4.17. The molecule has 0 aromatic heterocycles. The Balaban J connectivity index is 1.65. The number of carbonyl (C=O) groups excluding carboxylic acids is 1. The van der Waals surface area contributed by atoms with Crippen molar-refractivity contribution in [1.29, 1.82) is 0 Å². The molecule has 0 aromatic rings. The Kier molecular flexibility index (Phi) is 2.89. The normalized spacial score (nSPS) is 45.3. The van der Waals surface area contributed by atoms with Crippen molar-refractivity contribution >= 4 is 5.91 Å². The molecule has 17 heavy (non-hydrogen) atoms. The topological polar surface area (TPSA) is 32.3 Å². The van der Waals surface area contributed by atoms with Crippen LogP contribution in [0.5, 0.6) is 0 Å². The zero-order chi connectivity index (χ0) is 12.0. The van der Waals surface area contributed by atoms with Crippen LogP contribution in [0.3, 0.4) is 0 Å². The second kappa shape index (κ2) is 4.27. The number of likely N-dealkylation sites (tertiary alicyclic amines) is 1. The average molecular weight is 236 g/mol. The van der Waals surface area contributed by atoms with E-state index in [1.165, 1.54) is 19.3 Å². The maximum atomic E-state index is 12.6. The van der Waals surface area contributed by atoms with E-state index in [4.69, 9.17) is 0 Å². The molecule has 0 aromatic carbocycles. The van der Waals surface area contributed by atoms with Gasteiger partial charge in [0.2, 0.25) is 5.91 Å². The van der Waals surface area contributed by atoms with E-state index in [2.05, 4.69) is 24.1 Å². The molecule has 5 atom stereocenters. The van der Waals surface area contributed by atoms with Crippen molar-refractivity contribution < 1.29 is 4.79 Å². The molecule has 3 saturated heterocycles. The van der Waals surface area contributed by atoms with Gasteiger partial charge in [-0.3, -0.25) is 4.79 Å². The fourth-order valence-electron chi connectivity index (χ4n) is 4.17. The summed E-state index contributed by atoms with van der Waals surface area (Å²) in [4.78, 5) is 14.7. The first-order valence-corrected chi connectivity index (χ1v) is 7.18. The molecule has 3 heteroatoms. The van der Waals surface area contributed by atoms with Crippen molar-refractivity contribution in [3.05, 3.63) is 0 Å². The summed E-state index contributed by atoms with van der Waals surface area (Å²) in [6.45, 7) is 6.51. The Morgan fingerprint density at radius 3 is 2.35 bits per heavy atom. The molecule has 0 aliphatic carbocycles. The predicted octanol–water partition coefficient (Wildman–Crippen LogP) is 1.63. The van der Waals surface area contributed by atoms with Gasteiger partial charge in [-0.25, -0.2) is 0 Å². The second-order valence-electron chi connectivity index (χ2n) is 6.58. The van der Waals surface area contributed by atoms with Crippen LogP contribution < -0.4 is 5.32 Å². The van der Waals surface area contributed by atoms with Gasteiger partial charge in [0.15, 0.2) is 0 Å². The quantitative estimate of drug-likeness (QED) is 0.750. The summed E-state index contributed by atoms with van der Waals surface area (Å²) < 4.78 is 0. The van der Waals surface area contributed by atoms with E-state index in [1.54, 1.807) is 0 Å². The highest BCUT2D eigenvalue weighted by molar-refractivity contribution is 5.80. The monoisotopic (exact) mass is 236 g/mol. The summed E-state index contributed by atoms with van der Waals surface area (Å²) in [5.41, 5.74) is 0. The molecule has 3 aliphatic rings. The summed E-state index contributed by atoms with van der Waals surface area (Å²) in [6, 6.07) is 1.12. The van der Waals surface area contributed by atoms with Crippen molar-refractivity contribution in [2.24, 2.45) is 17.8 Å². The third kappa shape index (κ3) is 2.10. The molecule has 3 fully saturated rings. The lowest BCUT2D eigenvalue weighted by molar-refractivity contribution is -0.138. The number of hydrogen-bond acceptors (Lipinski definition) is 2. The van der Waals surface area contributed by atoms with E-state index < -0.39 is 0 Å². The standard InChI is InChI=1S/C14H24N2O/c1-9-5-10(2)8-16(7-9)14(17)12-6-11-3-4-13(12)15-11/h9-13,15H,3-8H2,1-2H3. The molecule has 5 unspecified atom stereocenters. The molecule has 0 radical (unpaired) electrons. The largest absolute Gasteiger partial charge is 0.342 e. The lowest BCUT2D eigenvalue weighted by Crippen LogP contribution is -2.47. The highest BCUT2D eigenvalue weighted by Gasteiger charge is 2.44. The summed E-state index contributed by atoms with van der Waals surface area (Å²) in [5.74, 6) is 2.07. The average Bonchev–Trinajstić information content (AvgIpc) is 2.88. The molecule has 3 rings (SSSR count). The van der Waals surface area contributed by atoms with Gasteiger partial charge in [-0.1, -0.05) is 13.8 Å². The van der Waals surface area contributed by atoms with Crippen LogP contribution >= 0.6 is 0 Å². The molecule has 3 aliphatic heterocycles. The number of fused-ring (bicyclic) bond motifs is 2. The summed E-state index contributed by atoms with van der Waals surface area (Å²) >= 11 is 0. The molecule has 3 nitrogen and oxygen atoms in total. The fraction of sp³-hybridized carbons (Fsp3) is 0.929. The lowest BCUT2D eigenvalue weighted by Gasteiger charge is -2.37.